The highest BCUT2D eigenvalue weighted by Crippen LogP contribution is 2.31. The van der Waals surface area contributed by atoms with Gasteiger partial charge in [-0.05, 0) is 44.5 Å². The third-order valence-corrected chi connectivity index (χ3v) is 6.39. The van der Waals surface area contributed by atoms with Gasteiger partial charge >= 0.3 is 0 Å². The molecule has 1 fully saturated rings. The van der Waals surface area contributed by atoms with Crippen molar-refractivity contribution in [3.05, 3.63) is 53.6 Å². The van der Waals surface area contributed by atoms with E-state index in [-0.39, 0.29) is 11.9 Å². The highest BCUT2D eigenvalue weighted by atomic mass is 35.5. The zero-order valence-corrected chi connectivity index (χ0v) is 21.3. The van der Waals surface area contributed by atoms with Gasteiger partial charge in [-0.25, -0.2) is 9.97 Å². The molecule has 0 spiro atoms. The molecule has 1 aliphatic rings. The number of aromatic nitrogens is 2. The fourth-order valence-electron chi connectivity index (χ4n) is 4.33. The zero-order valence-electron chi connectivity index (χ0n) is 20.5. The zero-order chi connectivity index (χ0) is 24.6. The van der Waals surface area contributed by atoms with Crippen LogP contribution >= 0.6 is 11.6 Å². The second-order valence-electron chi connectivity index (χ2n) is 9.13. The largest absolute Gasteiger partial charge is 0.379 e. The van der Waals surface area contributed by atoms with Crippen molar-refractivity contribution in [1.29, 1.82) is 0 Å². The molecule has 0 bridgehead atoms. The smallest absolute Gasteiger partial charge is 0.221 e. The number of hydrogen-bond acceptors (Lipinski definition) is 6. The van der Waals surface area contributed by atoms with Gasteiger partial charge in [0.2, 0.25) is 5.91 Å². The number of carbonyl (C=O) groups is 1. The van der Waals surface area contributed by atoms with Gasteiger partial charge in [0.05, 0.1) is 23.8 Å². The van der Waals surface area contributed by atoms with Gasteiger partial charge < -0.3 is 15.0 Å². The van der Waals surface area contributed by atoms with E-state index in [2.05, 4.69) is 15.1 Å². The average molecular weight is 496 g/mol. The molecule has 0 unspecified atom stereocenters. The summed E-state index contributed by atoms with van der Waals surface area (Å²) in [4.78, 5) is 27.0. The Morgan fingerprint density at radius 2 is 1.83 bits per heavy atom. The van der Waals surface area contributed by atoms with Crippen LogP contribution in [0.15, 0.2) is 48.5 Å². The highest BCUT2D eigenvalue weighted by molar-refractivity contribution is 6.33. The van der Waals surface area contributed by atoms with Crippen molar-refractivity contribution in [2.75, 3.05) is 50.8 Å². The molecule has 186 valence electrons. The number of ether oxygens (including phenoxy) is 1. The molecule has 2 aromatic carbocycles. The van der Waals surface area contributed by atoms with Gasteiger partial charge in [0.15, 0.2) is 5.82 Å². The molecule has 0 saturated carbocycles. The fraction of sp³-hybridized carbons (Fsp3) is 0.444. The first kappa shape index (κ1) is 25.4. The van der Waals surface area contributed by atoms with Crippen LogP contribution in [0.1, 0.15) is 26.7 Å². The summed E-state index contributed by atoms with van der Waals surface area (Å²) in [6, 6.07) is 15.8. The Morgan fingerprint density at radius 1 is 1.09 bits per heavy atom. The lowest BCUT2D eigenvalue weighted by Gasteiger charge is -2.29. The number of hydrogen-bond donors (Lipinski definition) is 1. The number of nitrogens with one attached hydrogen (secondary N) is 1. The Balaban J connectivity index is 1.64. The van der Waals surface area contributed by atoms with E-state index in [9.17, 15) is 4.79 Å². The summed E-state index contributed by atoms with van der Waals surface area (Å²) in [5, 5.41) is 4.59. The van der Waals surface area contributed by atoms with Crippen molar-refractivity contribution in [1.82, 2.24) is 20.2 Å². The van der Waals surface area contributed by atoms with Crippen LogP contribution < -0.4 is 10.2 Å². The lowest BCUT2D eigenvalue weighted by molar-refractivity contribution is -0.121. The lowest BCUT2D eigenvalue weighted by Crippen LogP contribution is -2.39. The lowest BCUT2D eigenvalue weighted by atomic mass is 10.1. The number of morpholine rings is 1. The van der Waals surface area contributed by atoms with Crippen molar-refractivity contribution in [3.63, 3.8) is 0 Å². The topological polar surface area (TPSA) is 70.6 Å². The summed E-state index contributed by atoms with van der Waals surface area (Å²) in [5.41, 5.74) is 1.66. The van der Waals surface area contributed by atoms with Crippen LogP contribution in [0.4, 0.5) is 5.82 Å². The van der Waals surface area contributed by atoms with Crippen LogP contribution in [-0.4, -0.2) is 72.8 Å². The molecule has 35 heavy (non-hydrogen) atoms. The molecule has 2 heterocycles. The normalized spacial score (nSPS) is 14.4. The summed E-state index contributed by atoms with van der Waals surface area (Å²) in [6.45, 7) is 9.80. The maximum atomic E-state index is 12.5. The van der Waals surface area contributed by atoms with Gasteiger partial charge in [-0.2, -0.15) is 0 Å². The number of anilines is 1. The second-order valence-corrected chi connectivity index (χ2v) is 9.54. The number of fused-ring (bicyclic) bond motifs is 1. The average Bonchev–Trinajstić information content (AvgIpc) is 2.86. The molecule has 3 aromatic rings. The molecule has 7 nitrogen and oxygen atoms in total. The second kappa shape index (κ2) is 12.3. The van der Waals surface area contributed by atoms with Crippen molar-refractivity contribution in [2.45, 2.75) is 32.7 Å². The van der Waals surface area contributed by atoms with Crippen LogP contribution in [-0.2, 0) is 9.53 Å². The van der Waals surface area contributed by atoms with E-state index >= 15 is 0 Å². The van der Waals surface area contributed by atoms with E-state index in [1.54, 1.807) is 0 Å². The summed E-state index contributed by atoms with van der Waals surface area (Å²) >= 11 is 6.50. The van der Waals surface area contributed by atoms with E-state index in [0.29, 0.717) is 23.8 Å². The Labute approximate surface area is 212 Å². The Morgan fingerprint density at radius 3 is 2.60 bits per heavy atom. The maximum Gasteiger partial charge on any atom is 0.221 e. The fourth-order valence-corrected chi connectivity index (χ4v) is 4.55. The molecule has 0 atom stereocenters. The quantitative estimate of drug-likeness (QED) is 0.449. The molecule has 4 rings (SSSR count). The minimum atomic E-state index is 0.0443. The SMILES string of the molecule is CC(C)NC(=O)CCN(CCCN1CCOCC1)c1nc(-c2ccccc2Cl)nc2ccccc12. The number of carbonyl (C=O) groups excluding carboxylic acids is 1. The third-order valence-electron chi connectivity index (χ3n) is 6.06. The van der Waals surface area contributed by atoms with Crippen LogP contribution in [0.2, 0.25) is 5.02 Å². The molecule has 8 heteroatoms. The molecule has 0 radical (unpaired) electrons. The van der Waals surface area contributed by atoms with Crippen molar-refractivity contribution >= 4 is 34.2 Å². The minimum absolute atomic E-state index is 0.0443. The van der Waals surface area contributed by atoms with Crippen LogP contribution in [0.5, 0.6) is 0 Å². The number of nitrogens with zero attached hydrogens (tertiary/aromatic N) is 4. The minimum Gasteiger partial charge on any atom is -0.379 e. The Kier molecular flexibility index (Phi) is 8.90. The van der Waals surface area contributed by atoms with Gasteiger partial charge in [-0.3, -0.25) is 9.69 Å². The van der Waals surface area contributed by atoms with Crippen LogP contribution in [0, 0.1) is 0 Å². The van der Waals surface area contributed by atoms with Crippen LogP contribution in [0.25, 0.3) is 22.3 Å². The molecule has 1 aliphatic heterocycles. The number of para-hydroxylation sites is 1. The van der Waals surface area contributed by atoms with Gasteiger partial charge in [0, 0.05) is 56.1 Å². The Bertz CT molecular complexity index is 1130. The van der Waals surface area contributed by atoms with Crippen molar-refractivity contribution < 1.29 is 9.53 Å². The molecule has 0 aliphatic carbocycles. The van der Waals surface area contributed by atoms with Crippen molar-refractivity contribution in [2.24, 2.45) is 0 Å². The summed E-state index contributed by atoms with van der Waals surface area (Å²) in [6.07, 6.45) is 1.36. The van der Waals surface area contributed by atoms with E-state index in [4.69, 9.17) is 26.3 Å². The van der Waals surface area contributed by atoms with Crippen molar-refractivity contribution in [3.8, 4) is 11.4 Å². The predicted octanol–water partition coefficient (Wildman–Crippen LogP) is 4.39. The first-order valence-electron chi connectivity index (χ1n) is 12.4. The first-order valence-corrected chi connectivity index (χ1v) is 12.7. The third kappa shape index (κ3) is 6.90. The van der Waals surface area contributed by atoms with E-state index in [1.165, 1.54) is 0 Å². The van der Waals surface area contributed by atoms with E-state index in [0.717, 1.165) is 68.1 Å². The van der Waals surface area contributed by atoms with E-state index < -0.39 is 0 Å². The number of benzene rings is 2. The first-order chi connectivity index (χ1) is 17.0. The summed E-state index contributed by atoms with van der Waals surface area (Å²) < 4.78 is 5.48. The molecule has 1 amide bonds. The number of rotatable bonds is 10. The number of amides is 1. The number of halogens is 1. The monoisotopic (exact) mass is 495 g/mol. The van der Waals surface area contributed by atoms with Gasteiger partial charge in [0.25, 0.3) is 0 Å². The molecular weight excluding hydrogens is 462 g/mol. The van der Waals surface area contributed by atoms with Gasteiger partial charge in [-0.1, -0.05) is 35.9 Å². The van der Waals surface area contributed by atoms with Gasteiger partial charge in [-0.15, -0.1) is 0 Å². The highest BCUT2D eigenvalue weighted by Gasteiger charge is 2.19. The summed E-state index contributed by atoms with van der Waals surface area (Å²) in [7, 11) is 0. The molecular formula is C27H34ClN5O2. The standard InChI is InChI=1S/C27H34ClN5O2/c1-20(2)29-25(34)12-15-33(14-7-13-32-16-18-35-19-17-32)27-22-9-4-6-11-24(22)30-26(31-27)21-8-3-5-10-23(21)28/h3-6,8-11,20H,7,12-19H2,1-2H3,(H,29,34). The predicted molar refractivity (Wildman–Crippen MR) is 142 cm³/mol. The maximum absolute atomic E-state index is 12.5. The molecule has 1 N–H and O–H groups in total. The molecule has 1 saturated heterocycles. The Hall–Kier alpha value is -2.74. The van der Waals surface area contributed by atoms with E-state index in [1.807, 2.05) is 62.4 Å². The van der Waals surface area contributed by atoms with Gasteiger partial charge in [0.1, 0.15) is 5.82 Å². The van der Waals surface area contributed by atoms with Crippen LogP contribution in [0.3, 0.4) is 0 Å². The molecule has 1 aromatic heterocycles. The summed E-state index contributed by atoms with van der Waals surface area (Å²) in [5.74, 6) is 1.47.